The van der Waals surface area contributed by atoms with Crippen molar-refractivity contribution in [2.75, 3.05) is 0 Å². The molecule has 0 aliphatic heterocycles. The summed E-state index contributed by atoms with van der Waals surface area (Å²) in [5.41, 5.74) is 4.22. The zero-order chi connectivity index (χ0) is 12.1. The van der Waals surface area contributed by atoms with Gasteiger partial charge in [0.1, 0.15) is 0 Å². The van der Waals surface area contributed by atoms with Crippen LogP contribution in [0.2, 0.25) is 0 Å². The summed E-state index contributed by atoms with van der Waals surface area (Å²) < 4.78 is 1.14. The van der Waals surface area contributed by atoms with Gasteiger partial charge in [-0.15, -0.1) is 0 Å². The van der Waals surface area contributed by atoms with Crippen LogP contribution in [0, 0.1) is 0 Å². The predicted molar refractivity (Wildman–Crippen MR) is 80.6 cm³/mol. The maximum Gasteiger partial charge on any atom is 0.0285 e. The summed E-state index contributed by atoms with van der Waals surface area (Å²) in [6.45, 7) is 0. The van der Waals surface area contributed by atoms with Gasteiger partial charge in [0, 0.05) is 9.80 Å². The lowest BCUT2D eigenvalue weighted by molar-refractivity contribution is 0.947. The van der Waals surface area contributed by atoms with Gasteiger partial charge in [0.05, 0.1) is 0 Å². The van der Waals surface area contributed by atoms with Gasteiger partial charge < -0.3 is 0 Å². The Morgan fingerprint density at radius 3 is 2.06 bits per heavy atom. The van der Waals surface area contributed by atoms with Crippen LogP contribution in [-0.2, 0) is 18.2 Å². The Hall–Kier alpha value is -0.600. The third kappa shape index (κ3) is 3.68. The van der Waals surface area contributed by atoms with Crippen LogP contribution in [-0.4, -0.2) is 0 Å². The van der Waals surface area contributed by atoms with Crippen LogP contribution in [0.3, 0.4) is 0 Å². The Labute approximate surface area is 119 Å². The Morgan fingerprint density at radius 2 is 1.41 bits per heavy atom. The highest BCUT2D eigenvalue weighted by molar-refractivity contribution is 9.10. The number of halogens is 2. The third-order valence-electron chi connectivity index (χ3n) is 2.86. The molecule has 0 N–H and O–H groups in total. The lowest BCUT2D eigenvalue weighted by Gasteiger charge is -2.07. The van der Waals surface area contributed by atoms with Gasteiger partial charge in [0.25, 0.3) is 0 Å². The lowest BCUT2D eigenvalue weighted by atomic mass is 10.0. The lowest BCUT2D eigenvalue weighted by Crippen LogP contribution is -1.95. The van der Waals surface area contributed by atoms with Crippen molar-refractivity contribution in [3.63, 3.8) is 0 Å². The monoisotopic (exact) mass is 352 g/mol. The van der Waals surface area contributed by atoms with Crippen LogP contribution < -0.4 is 0 Å². The molecule has 2 heteroatoms. The van der Waals surface area contributed by atoms with Crippen LogP contribution in [0.5, 0.6) is 0 Å². The fourth-order valence-corrected chi connectivity index (χ4v) is 2.67. The standard InChI is InChI=1S/C15H14Br2/c16-11-14-4-2-1-3-13(14)8-5-12-6-9-15(17)10-7-12/h1-4,6-7,9-10H,5,8,11H2. The van der Waals surface area contributed by atoms with Gasteiger partial charge in [-0.05, 0) is 41.7 Å². The molecular weight excluding hydrogens is 340 g/mol. The fraction of sp³-hybridized carbons (Fsp3) is 0.200. The smallest absolute Gasteiger partial charge is 0.0285 e. The van der Waals surface area contributed by atoms with Crippen LogP contribution in [0.1, 0.15) is 16.7 Å². The molecule has 0 saturated heterocycles. The molecule has 0 amide bonds. The normalized spacial score (nSPS) is 10.5. The molecule has 0 aliphatic carbocycles. The molecule has 0 nitrogen and oxygen atoms in total. The van der Waals surface area contributed by atoms with E-state index in [9.17, 15) is 0 Å². The van der Waals surface area contributed by atoms with Crippen molar-refractivity contribution in [3.05, 3.63) is 69.7 Å². The summed E-state index contributed by atoms with van der Waals surface area (Å²) in [6, 6.07) is 17.2. The maximum atomic E-state index is 3.54. The number of aryl methyl sites for hydroxylation is 2. The molecule has 0 fully saturated rings. The highest BCUT2D eigenvalue weighted by Crippen LogP contribution is 2.16. The van der Waals surface area contributed by atoms with Gasteiger partial charge in [-0.2, -0.15) is 0 Å². The fourth-order valence-electron chi connectivity index (χ4n) is 1.86. The first-order chi connectivity index (χ1) is 8.29. The van der Waals surface area contributed by atoms with Crippen molar-refractivity contribution in [3.8, 4) is 0 Å². The minimum absolute atomic E-state index is 0.934. The van der Waals surface area contributed by atoms with E-state index in [-0.39, 0.29) is 0 Å². The van der Waals surface area contributed by atoms with E-state index in [0.29, 0.717) is 0 Å². The summed E-state index contributed by atoms with van der Waals surface area (Å²) in [7, 11) is 0. The molecule has 0 aromatic heterocycles. The van der Waals surface area contributed by atoms with E-state index >= 15 is 0 Å². The molecule has 0 bridgehead atoms. The van der Waals surface area contributed by atoms with E-state index in [1.807, 2.05) is 0 Å². The van der Waals surface area contributed by atoms with E-state index in [4.69, 9.17) is 0 Å². The average Bonchev–Trinajstić information content (AvgIpc) is 2.38. The second kappa shape index (κ2) is 6.36. The number of benzene rings is 2. The van der Waals surface area contributed by atoms with Gasteiger partial charge >= 0.3 is 0 Å². The van der Waals surface area contributed by atoms with Gasteiger partial charge in [-0.25, -0.2) is 0 Å². The molecule has 0 atom stereocenters. The molecule has 2 rings (SSSR count). The van der Waals surface area contributed by atoms with Crippen LogP contribution in [0.25, 0.3) is 0 Å². The molecular formula is C15H14Br2. The summed E-state index contributed by atoms with van der Waals surface area (Å²) in [5, 5.41) is 0.934. The van der Waals surface area contributed by atoms with Crippen molar-refractivity contribution in [2.45, 2.75) is 18.2 Å². The van der Waals surface area contributed by atoms with E-state index in [1.54, 1.807) is 0 Å². The molecule has 2 aromatic rings. The first kappa shape index (κ1) is 12.8. The second-order valence-electron chi connectivity index (χ2n) is 4.03. The first-order valence-electron chi connectivity index (χ1n) is 5.67. The first-order valence-corrected chi connectivity index (χ1v) is 7.58. The molecule has 0 heterocycles. The van der Waals surface area contributed by atoms with E-state index in [2.05, 4.69) is 80.4 Å². The van der Waals surface area contributed by atoms with E-state index in [1.165, 1.54) is 16.7 Å². The Morgan fingerprint density at radius 1 is 0.765 bits per heavy atom. The quantitative estimate of drug-likeness (QED) is 0.668. The van der Waals surface area contributed by atoms with Crippen LogP contribution in [0.15, 0.2) is 53.0 Å². The van der Waals surface area contributed by atoms with Crippen molar-refractivity contribution < 1.29 is 0 Å². The molecule has 0 spiro atoms. The molecule has 2 aromatic carbocycles. The van der Waals surface area contributed by atoms with Crippen molar-refractivity contribution in [2.24, 2.45) is 0 Å². The molecule has 0 radical (unpaired) electrons. The zero-order valence-electron chi connectivity index (χ0n) is 9.50. The molecule has 0 saturated carbocycles. The second-order valence-corrected chi connectivity index (χ2v) is 5.51. The van der Waals surface area contributed by atoms with Gasteiger partial charge in [-0.1, -0.05) is 68.3 Å². The molecule has 0 aliphatic rings. The van der Waals surface area contributed by atoms with Crippen LogP contribution >= 0.6 is 31.9 Å². The number of hydrogen-bond donors (Lipinski definition) is 0. The number of alkyl halides is 1. The topological polar surface area (TPSA) is 0 Å². The van der Waals surface area contributed by atoms with Crippen molar-refractivity contribution >= 4 is 31.9 Å². The summed E-state index contributed by atoms with van der Waals surface area (Å²) in [6.07, 6.45) is 2.20. The van der Waals surface area contributed by atoms with E-state index < -0.39 is 0 Å². The SMILES string of the molecule is BrCc1ccccc1CCc1ccc(Br)cc1. The summed E-state index contributed by atoms with van der Waals surface area (Å²) >= 11 is 7.00. The highest BCUT2D eigenvalue weighted by atomic mass is 79.9. The van der Waals surface area contributed by atoms with E-state index in [0.717, 1.165) is 22.6 Å². The summed E-state index contributed by atoms with van der Waals surface area (Å²) in [4.78, 5) is 0. The average molecular weight is 354 g/mol. The Kier molecular flexibility index (Phi) is 4.81. The minimum atomic E-state index is 0.934. The minimum Gasteiger partial charge on any atom is -0.0876 e. The van der Waals surface area contributed by atoms with Gasteiger partial charge in [0.2, 0.25) is 0 Å². The third-order valence-corrected chi connectivity index (χ3v) is 3.99. The number of hydrogen-bond acceptors (Lipinski definition) is 0. The van der Waals surface area contributed by atoms with Gasteiger partial charge in [0.15, 0.2) is 0 Å². The maximum absolute atomic E-state index is 3.54. The number of rotatable bonds is 4. The molecule has 0 unspecified atom stereocenters. The Balaban J connectivity index is 2.04. The Bertz CT molecular complexity index is 475. The van der Waals surface area contributed by atoms with Crippen LogP contribution in [0.4, 0.5) is 0 Å². The highest BCUT2D eigenvalue weighted by Gasteiger charge is 2.01. The van der Waals surface area contributed by atoms with Crippen molar-refractivity contribution in [1.29, 1.82) is 0 Å². The van der Waals surface area contributed by atoms with Gasteiger partial charge in [-0.3, -0.25) is 0 Å². The predicted octanol–water partition coefficient (Wildman–Crippen LogP) is 5.13. The summed E-state index contributed by atoms with van der Waals surface area (Å²) in [5.74, 6) is 0. The molecule has 88 valence electrons. The largest absolute Gasteiger partial charge is 0.0876 e. The van der Waals surface area contributed by atoms with Crippen molar-refractivity contribution in [1.82, 2.24) is 0 Å². The zero-order valence-corrected chi connectivity index (χ0v) is 12.7. The molecule has 17 heavy (non-hydrogen) atoms.